The van der Waals surface area contributed by atoms with Gasteiger partial charge in [-0.15, -0.1) is 11.8 Å². The molecule has 0 saturated carbocycles. The Kier molecular flexibility index (Phi) is 5.54. The lowest BCUT2D eigenvalue weighted by atomic mass is 9.92. The number of thioether (sulfide) groups is 1. The van der Waals surface area contributed by atoms with E-state index in [9.17, 15) is 0 Å². The van der Waals surface area contributed by atoms with Gasteiger partial charge in [-0.05, 0) is 44.4 Å². The van der Waals surface area contributed by atoms with Crippen molar-refractivity contribution in [3.8, 4) is 11.4 Å². The zero-order valence-electron chi connectivity index (χ0n) is 16.8. The van der Waals surface area contributed by atoms with Crippen LogP contribution < -0.4 is 0 Å². The average molecular weight is 378 g/mol. The average Bonchev–Trinajstić information content (AvgIpc) is 3.20. The first kappa shape index (κ1) is 19.5. The summed E-state index contributed by atoms with van der Waals surface area (Å²) in [6.07, 6.45) is 4.07. The topological polar surface area (TPSA) is 53.1 Å². The van der Waals surface area contributed by atoms with E-state index in [-0.39, 0.29) is 10.2 Å². The molecule has 5 nitrogen and oxygen atoms in total. The van der Waals surface area contributed by atoms with Crippen LogP contribution in [0.25, 0.3) is 11.4 Å². The van der Waals surface area contributed by atoms with Crippen molar-refractivity contribution in [2.45, 2.75) is 57.6 Å². The molecule has 3 rings (SSSR count). The summed E-state index contributed by atoms with van der Waals surface area (Å²) in [5, 5.41) is 4.65. The number of rotatable bonds is 5. The first-order chi connectivity index (χ1) is 12.2. The van der Waals surface area contributed by atoms with Crippen LogP contribution in [0, 0.1) is 5.92 Å². The minimum Gasteiger partial charge on any atom is -0.447 e. The summed E-state index contributed by atoms with van der Waals surface area (Å²) in [6.45, 7) is 12.7. The number of nitrogens with zero attached hydrogens (tertiary/aromatic N) is 3. The molecule has 26 heavy (non-hydrogen) atoms. The fraction of sp³-hybridized carbons (Fsp3) is 0.700. The maximum Gasteiger partial charge on any atom is 0.210 e. The second kappa shape index (κ2) is 7.39. The van der Waals surface area contributed by atoms with Crippen LogP contribution >= 0.6 is 11.8 Å². The normalized spacial score (nSPS) is 17.0. The second-order valence-corrected chi connectivity index (χ2v) is 10.3. The van der Waals surface area contributed by atoms with E-state index in [1.54, 1.807) is 6.26 Å². The molecule has 1 fully saturated rings. The van der Waals surface area contributed by atoms with Crippen LogP contribution in [0.3, 0.4) is 0 Å². The zero-order chi connectivity index (χ0) is 18.9. The lowest BCUT2D eigenvalue weighted by Gasteiger charge is -2.26. The van der Waals surface area contributed by atoms with Gasteiger partial charge in [0.1, 0.15) is 12.0 Å². The lowest BCUT2D eigenvalue weighted by molar-refractivity contribution is 0.0727. The van der Waals surface area contributed by atoms with Crippen molar-refractivity contribution in [2.24, 2.45) is 13.0 Å². The molecule has 0 aromatic carbocycles. The molecule has 1 saturated heterocycles. The molecule has 0 atom stereocenters. The summed E-state index contributed by atoms with van der Waals surface area (Å²) in [4.78, 5) is 4.80. The van der Waals surface area contributed by atoms with Crippen molar-refractivity contribution in [3.63, 3.8) is 0 Å². The number of aryl methyl sites for hydroxylation is 1. The highest BCUT2D eigenvalue weighted by Crippen LogP contribution is 2.38. The molecule has 0 N–H and O–H groups in total. The molecule has 0 bridgehead atoms. The van der Waals surface area contributed by atoms with E-state index in [1.807, 2.05) is 23.5 Å². The van der Waals surface area contributed by atoms with Crippen molar-refractivity contribution in [2.75, 3.05) is 19.0 Å². The Balaban J connectivity index is 1.73. The summed E-state index contributed by atoms with van der Waals surface area (Å²) >= 11 is 1.93. The molecule has 0 spiro atoms. The Labute approximate surface area is 160 Å². The third kappa shape index (κ3) is 4.34. The molecular formula is C20H31N3O2S. The second-order valence-electron chi connectivity index (χ2n) is 8.70. The quantitative estimate of drug-likeness (QED) is 0.751. The number of hydrogen-bond donors (Lipinski definition) is 0. The predicted octanol–water partition coefficient (Wildman–Crippen LogP) is 4.77. The minimum atomic E-state index is -0.151. The smallest absolute Gasteiger partial charge is 0.210 e. The third-order valence-electron chi connectivity index (χ3n) is 4.95. The van der Waals surface area contributed by atoms with Gasteiger partial charge in [-0.25, -0.2) is 4.98 Å². The Morgan fingerprint density at radius 1 is 1.19 bits per heavy atom. The van der Waals surface area contributed by atoms with Crippen molar-refractivity contribution in [3.05, 3.63) is 23.9 Å². The first-order valence-electron chi connectivity index (χ1n) is 9.39. The highest BCUT2D eigenvalue weighted by atomic mass is 32.2. The maximum atomic E-state index is 5.88. The SMILES string of the molecule is Cn1nc(C(C)(C)C)cc1-c1coc(C(C)(C)SCC2CCOCC2)n1. The first-order valence-corrected chi connectivity index (χ1v) is 10.4. The van der Waals surface area contributed by atoms with Crippen LogP contribution in [0.15, 0.2) is 16.7 Å². The summed E-state index contributed by atoms with van der Waals surface area (Å²) < 4.78 is 13.1. The Morgan fingerprint density at radius 3 is 2.50 bits per heavy atom. The van der Waals surface area contributed by atoms with E-state index < -0.39 is 0 Å². The highest BCUT2D eigenvalue weighted by molar-refractivity contribution is 8.00. The van der Waals surface area contributed by atoms with E-state index in [4.69, 9.17) is 14.1 Å². The standard InChI is InChI=1S/C20H31N3O2S/c1-19(2,3)17-11-16(23(6)22-17)15-12-25-18(21-15)20(4,5)26-13-14-7-9-24-10-8-14/h11-12,14H,7-10,13H2,1-6H3. The molecular weight excluding hydrogens is 346 g/mol. The van der Waals surface area contributed by atoms with Crippen LogP contribution in [-0.4, -0.2) is 33.7 Å². The van der Waals surface area contributed by atoms with Gasteiger partial charge in [0.25, 0.3) is 0 Å². The van der Waals surface area contributed by atoms with Gasteiger partial charge in [-0.3, -0.25) is 4.68 Å². The summed E-state index contributed by atoms with van der Waals surface area (Å²) in [5.41, 5.74) is 2.93. The van der Waals surface area contributed by atoms with Gasteiger partial charge in [0, 0.05) is 25.7 Å². The van der Waals surface area contributed by atoms with E-state index in [0.29, 0.717) is 0 Å². The summed E-state index contributed by atoms with van der Waals surface area (Å²) in [6, 6.07) is 2.11. The van der Waals surface area contributed by atoms with Crippen molar-refractivity contribution in [1.29, 1.82) is 0 Å². The van der Waals surface area contributed by atoms with E-state index in [1.165, 1.54) is 0 Å². The van der Waals surface area contributed by atoms with E-state index >= 15 is 0 Å². The molecule has 2 aromatic rings. The number of aromatic nitrogens is 3. The van der Waals surface area contributed by atoms with Crippen molar-refractivity contribution in [1.82, 2.24) is 14.8 Å². The predicted molar refractivity (Wildman–Crippen MR) is 106 cm³/mol. The fourth-order valence-corrected chi connectivity index (χ4v) is 4.25. The molecule has 2 aromatic heterocycles. The summed E-state index contributed by atoms with van der Waals surface area (Å²) in [7, 11) is 1.96. The Bertz CT molecular complexity index is 737. The Hall–Kier alpha value is -1.27. The molecule has 0 amide bonds. The fourth-order valence-electron chi connectivity index (χ4n) is 3.04. The van der Waals surface area contributed by atoms with Gasteiger partial charge >= 0.3 is 0 Å². The van der Waals surface area contributed by atoms with Crippen LogP contribution in [0.5, 0.6) is 0 Å². The minimum absolute atomic E-state index is 0.0153. The van der Waals surface area contributed by atoms with Crippen LogP contribution in [-0.2, 0) is 21.9 Å². The molecule has 144 valence electrons. The molecule has 0 radical (unpaired) electrons. The molecule has 0 aliphatic carbocycles. The Morgan fingerprint density at radius 2 is 1.88 bits per heavy atom. The van der Waals surface area contributed by atoms with Crippen molar-refractivity contribution >= 4 is 11.8 Å². The monoisotopic (exact) mass is 377 g/mol. The van der Waals surface area contributed by atoms with Gasteiger partial charge in [0.2, 0.25) is 5.89 Å². The highest BCUT2D eigenvalue weighted by Gasteiger charge is 2.30. The lowest BCUT2D eigenvalue weighted by Crippen LogP contribution is -2.21. The van der Waals surface area contributed by atoms with Gasteiger partial charge in [0.15, 0.2) is 0 Å². The number of ether oxygens (including phenoxy) is 1. The number of hydrogen-bond acceptors (Lipinski definition) is 5. The zero-order valence-corrected chi connectivity index (χ0v) is 17.7. The van der Waals surface area contributed by atoms with Gasteiger partial charge < -0.3 is 9.15 Å². The molecule has 6 heteroatoms. The van der Waals surface area contributed by atoms with Crippen LogP contribution in [0.4, 0.5) is 0 Å². The van der Waals surface area contributed by atoms with Crippen LogP contribution in [0.2, 0.25) is 0 Å². The van der Waals surface area contributed by atoms with Gasteiger partial charge in [0.05, 0.1) is 16.1 Å². The van der Waals surface area contributed by atoms with Gasteiger partial charge in [-0.1, -0.05) is 20.8 Å². The molecule has 0 unspecified atom stereocenters. The van der Waals surface area contributed by atoms with E-state index in [2.05, 4.69) is 45.8 Å². The molecule has 1 aliphatic rings. The maximum absolute atomic E-state index is 5.88. The van der Waals surface area contributed by atoms with Gasteiger partial charge in [-0.2, -0.15) is 5.10 Å². The molecule has 1 aliphatic heterocycles. The molecule has 3 heterocycles. The number of oxazole rings is 1. The largest absolute Gasteiger partial charge is 0.447 e. The van der Waals surface area contributed by atoms with Crippen molar-refractivity contribution < 1.29 is 9.15 Å². The third-order valence-corrected chi connectivity index (χ3v) is 6.49. The van der Waals surface area contributed by atoms with E-state index in [0.717, 1.165) is 60.7 Å². The summed E-state index contributed by atoms with van der Waals surface area (Å²) in [5.74, 6) is 2.63. The van der Waals surface area contributed by atoms with Crippen LogP contribution in [0.1, 0.15) is 59.0 Å².